The number of hydrogen-bond acceptors (Lipinski definition) is 3. The van der Waals surface area contributed by atoms with Crippen LogP contribution in [0.25, 0.3) is 5.65 Å². The molecule has 0 saturated carbocycles. The first-order valence-electron chi connectivity index (χ1n) is 6.07. The molecule has 2 aromatic heterocycles. The number of aliphatic imine (C=N–C) groups is 1. The van der Waals surface area contributed by atoms with Crippen molar-refractivity contribution in [2.24, 2.45) is 4.99 Å². The van der Waals surface area contributed by atoms with Gasteiger partial charge in [-0.05, 0) is 24.3 Å². The third-order valence-electron chi connectivity index (χ3n) is 2.83. The Balaban J connectivity index is 1.89. The van der Waals surface area contributed by atoms with E-state index in [0.29, 0.717) is 11.3 Å². The number of imidazole rings is 1. The van der Waals surface area contributed by atoms with E-state index in [1.165, 1.54) is 12.3 Å². The molecule has 0 amide bonds. The van der Waals surface area contributed by atoms with Gasteiger partial charge in [0.1, 0.15) is 22.9 Å². The first-order valence-corrected chi connectivity index (χ1v) is 6.07. The van der Waals surface area contributed by atoms with Crippen LogP contribution in [0.3, 0.4) is 0 Å². The van der Waals surface area contributed by atoms with Gasteiger partial charge in [-0.15, -0.1) is 0 Å². The number of halogens is 1. The molecule has 0 aliphatic rings. The fourth-order valence-electron chi connectivity index (χ4n) is 1.88. The molecule has 0 saturated heterocycles. The summed E-state index contributed by atoms with van der Waals surface area (Å²) in [6.07, 6.45) is 4.74. The molecule has 4 nitrogen and oxygen atoms in total. The molecule has 0 fully saturated rings. The molecule has 20 heavy (non-hydrogen) atoms. The maximum atomic E-state index is 13.1. The van der Waals surface area contributed by atoms with Crippen molar-refractivity contribution >= 4 is 17.5 Å². The van der Waals surface area contributed by atoms with Crippen LogP contribution in [0.5, 0.6) is 5.75 Å². The van der Waals surface area contributed by atoms with Crippen LogP contribution >= 0.6 is 0 Å². The number of benzene rings is 1. The minimum absolute atomic E-state index is 0.300. The summed E-state index contributed by atoms with van der Waals surface area (Å²) in [5.41, 5.74) is 2.12. The Morgan fingerprint density at radius 3 is 3.00 bits per heavy atom. The maximum absolute atomic E-state index is 13.1. The minimum Gasteiger partial charge on any atom is -0.497 e. The van der Waals surface area contributed by atoms with Gasteiger partial charge >= 0.3 is 0 Å². The highest BCUT2D eigenvalue weighted by Crippen LogP contribution is 2.19. The Labute approximate surface area is 115 Å². The normalized spacial score (nSPS) is 11.3. The molecule has 0 N–H and O–H groups in total. The summed E-state index contributed by atoms with van der Waals surface area (Å²) in [5.74, 6) is 0.447. The van der Waals surface area contributed by atoms with Crippen molar-refractivity contribution < 1.29 is 9.13 Å². The van der Waals surface area contributed by atoms with Crippen molar-refractivity contribution in [1.82, 2.24) is 9.38 Å². The molecule has 0 radical (unpaired) electrons. The Morgan fingerprint density at radius 1 is 1.25 bits per heavy atom. The molecule has 0 unspecified atom stereocenters. The zero-order valence-electron chi connectivity index (χ0n) is 10.8. The maximum Gasteiger partial charge on any atom is 0.139 e. The van der Waals surface area contributed by atoms with E-state index in [-0.39, 0.29) is 5.82 Å². The molecular formula is C15H12FN3O. The van der Waals surface area contributed by atoms with Gasteiger partial charge in [0.25, 0.3) is 0 Å². The minimum atomic E-state index is -0.300. The van der Waals surface area contributed by atoms with Gasteiger partial charge in [-0.3, -0.25) is 4.99 Å². The van der Waals surface area contributed by atoms with Gasteiger partial charge in [-0.2, -0.15) is 0 Å². The lowest BCUT2D eigenvalue weighted by Crippen LogP contribution is -1.83. The van der Waals surface area contributed by atoms with Gasteiger partial charge in [0, 0.05) is 18.5 Å². The Morgan fingerprint density at radius 2 is 2.15 bits per heavy atom. The molecule has 100 valence electrons. The summed E-state index contributed by atoms with van der Waals surface area (Å²) in [7, 11) is 1.61. The third-order valence-corrected chi connectivity index (χ3v) is 2.83. The molecule has 0 spiro atoms. The molecule has 3 aromatic rings. The smallest absolute Gasteiger partial charge is 0.139 e. The zero-order valence-corrected chi connectivity index (χ0v) is 10.8. The van der Waals surface area contributed by atoms with Gasteiger partial charge in [0.05, 0.1) is 19.0 Å². The zero-order chi connectivity index (χ0) is 13.9. The number of pyridine rings is 1. The van der Waals surface area contributed by atoms with E-state index >= 15 is 0 Å². The first-order chi connectivity index (χ1) is 9.74. The van der Waals surface area contributed by atoms with Crippen molar-refractivity contribution in [3.05, 3.63) is 60.3 Å². The quantitative estimate of drug-likeness (QED) is 0.685. The van der Waals surface area contributed by atoms with Crippen LogP contribution in [0, 0.1) is 5.82 Å². The summed E-state index contributed by atoms with van der Waals surface area (Å²) in [4.78, 5) is 8.66. The highest BCUT2D eigenvalue weighted by atomic mass is 19.1. The summed E-state index contributed by atoms with van der Waals surface area (Å²) in [5, 5.41) is 0. The average molecular weight is 269 g/mol. The predicted molar refractivity (Wildman–Crippen MR) is 75.4 cm³/mol. The van der Waals surface area contributed by atoms with Crippen LogP contribution in [0.15, 0.2) is 53.8 Å². The Bertz CT molecular complexity index is 780. The summed E-state index contributed by atoms with van der Waals surface area (Å²) in [6.45, 7) is 0. The monoisotopic (exact) mass is 269 g/mol. The highest BCUT2D eigenvalue weighted by Gasteiger charge is 2.00. The fraction of sp³-hybridized carbons (Fsp3) is 0.0667. The summed E-state index contributed by atoms with van der Waals surface area (Å²) < 4.78 is 19.8. The van der Waals surface area contributed by atoms with Crippen molar-refractivity contribution in [3.8, 4) is 5.75 Å². The number of methoxy groups -OCH3 is 1. The Hall–Kier alpha value is -2.69. The third kappa shape index (κ3) is 2.51. The number of hydrogen-bond donors (Lipinski definition) is 0. The molecule has 3 rings (SSSR count). The van der Waals surface area contributed by atoms with Crippen LogP contribution in [-0.2, 0) is 0 Å². The molecule has 1 aromatic carbocycles. The van der Waals surface area contributed by atoms with Crippen molar-refractivity contribution in [1.29, 1.82) is 0 Å². The van der Waals surface area contributed by atoms with Gasteiger partial charge in [0.2, 0.25) is 0 Å². The lowest BCUT2D eigenvalue weighted by molar-refractivity contribution is 0.415. The fourth-order valence-corrected chi connectivity index (χ4v) is 1.88. The van der Waals surface area contributed by atoms with E-state index in [1.807, 2.05) is 24.3 Å². The van der Waals surface area contributed by atoms with Crippen LogP contribution in [0.1, 0.15) is 5.69 Å². The van der Waals surface area contributed by atoms with E-state index in [4.69, 9.17) is 4.74 Å². The molecule has 0 atom stereocenters. The number of rotatable bonds is 3. The van der Waals surface area contributed by atoms with E-state index in [9.17, 15) is 4.39 Å². The number of fused-ring (bicyclic) bond motifs is 1. The standard InChI is InChI=1S/C15H12FN3O/c1-20-14-4-2-3-12(7-14)17-8-13-10-19-9-11(16)5-6-15(19)18-13/h2-10H,1H3. The van der Waals surface area contributed by atoms with Crippen molar-refractivity contribution in [2.75, 3.05) is 7.11 Å². The van der Waals surface area contributed by atoms with Crippen molar-refractivity contribution in [2.45, 2.75) is 0 Å². The molecular weight excluding hydrogens is 257 g/mol. The van der Waals surface area contributed by atoms with E-state index in [0.717, 1.165) is 11.4 Å². The lowest BCUT2D eigenvalue weighted by atomic mass is 10.3. The van der Waals surface area contributed by atoms with E-state index < -0.39 is 0 Å². The van der Waals surface area contributed by atoms with Crippen molar-refractivity contribution in [3.63, 3.8) is 0 Å². The van der Waals surface area contributed by atoms with Gasteiger partial charge in [-0.25, -0.2) is 9.37 Å². The lowest BCUT2D eigenvalue weighted by Gasteiger charge is -1.98. The highest BCUT2D eigenvalue weighted by molar-refractivity contribution is 5.80. The van der Waals surface area contributed by atoms with Crippen LogP contribution < -0.4 is 4.74 Å². The molecule has 0 bridgehead atoms. The second-order valence-electron chi connectivity index (χ2n) is 4.24. The molecule has 2 heterocycles. The van der Waals surface area contributed by atoms with E-state index in [1.54, 1.807) is 30.0 Å². The van der Waals surface area contributed by atoms with Crippen LogP contribution in [0.2, 0.25) is 0 Å². The van der Waals surface area contributed by atoms with Crippen LogP contribution in [0.4, 0.5) is 10.1 Å². The second kappa shape index (κ2) is 5.13. The topological polar surface area (TPSA) is 38.9 Å². The molecule has 0 aliphatic heterocycles. The average Bonchev–Trinajstić information content (AvgIpc) is 2.87. The summed E-state index contributed by atoms with van der Waals surface area (Å²) >= 11 is 0. The van der Waals surface area contributed by atoms with Gasteiger partial charge in [0.15, 0.2) is 0 Å². The second-order valence-corrected chi connectivity index (χ2v) is 4.24. The predicted octanol–water partition coefficient (Wildman–Crippen LogP) is 3.23. The Kier molecular flexibility index (Phi) is 3.16. The number of nitrogens with zero attached hydrogens (tertiary/aromatic N) is 3. The van der Waals surface area contributed by atoms with Crippen LogP contribution in [-0.4, -0.2) is 22.7 Å². The molecule has 0 aliphatic carbocycles. The largest absolute Gasteiger partial charge is 0.497 e. The summed E-state index contributed by atoms with van der Waals surface area (Å²) in [6, 6.07) is 10.4. The van der Waals surface area contributed by atoms with Gasteiger partial charge < -0.3 is 9.14 Å². The van der Waals surface area contributed by atoms with E-state index in [2.05, 4.69) is 9.98 Å². The number of aromatic nitrogens is 2. The number of ether oxygens (including phenoxy) is 1. The molecule has 5 heteroatoms. The van der Waals surface area contributed by atoms with Gasteiger partial charge in [-0.1, -0.05) is 6.07 Å². The SMILES string of the molecule is COc1cccc(N=Cc2cn3cc(F)ccc3n2)c1. The first kappa shape index (κ1) is 12.3.